The molecule has 0 aliphatic carbocycles. The summed E-state index contributed by atoms with van der Waals surface area (Å²) in [7, 11) is 0. The number of benzene rings is 2. The maximum atomic E-state index is 12.3. The predicted molar refractivity (Wildman–Crippen MR) is 105 cm³/mol. The Morgan fingerprint density at radius 2 is 1.96 bits per heavy atom. The van der Waals surface area contributed by atoms with Gasteiger partial charge in [0.05, 0.1) is 6.61 Å². The van der Waals surface area contributed by atoms with Gasteiger partial charge in [-0.2, -0.15) is 5.26 Å². The monoisotopic (exact) mass is 362 g/mol. The summed E-state index contributed by atoms with van der Waals surface area (Å²) in [5.41, 5.74) is 1.66. The van der Waals surface area contributed by atoms with Gasteiger partial charge in [0.2, 0.25) is 0 Å². The molecule has 2 aromatic carbocycles. The molecule has 0 fully saturated rings. The lowest BCUT2D eigenvalue weighted by Gasteiger charge is -2.11. The first kappa shape index (κ1) is 19.8. The number of nitrogens with zero attached hydrogens (tertiary/aromatic N) is 1. The normalized spacial score (nSPS) is 10.6. The van der Waals surface area contributed by atoms with Crippen molar-refractivity contribution in [3.05, 3.63) is 77.9 Å². The third kappa shape index (κ3) is 6.05. The van der Waals surface area contributed by atoms with E-state index in [0.717, 1.165) is 5.56 Å². The van der Waals surface area contributed by atoms with E-state index in [1.54, 1.807) is 24.3 Å². The van der Waals surface area contributed by atoms with Crippen LogP contribution in [0.5, 0.6) is 11.5 Å². The molecule has 5 nitrogen and oxygen atoms in total. The Kier molecular flexibility index (Phi) is 7.68. The van der Waals surface area contributed by atoms with Crippen LogP contribution in [-0.2, 0) is 11.3 Å². The first-order chi connectivity index (χ1) is 13.2. The van der Waals surface area contributed by atoms with Gasteiger partial charge < -0.3 is 14.8 Å². The van der Waals surface area contributed by atoms with E-state index >= 15 is 0 Å². The zero-order chi connectivity index (χ0) is 19.5. The minimum absolute atomic E-state index is 0.0214. The molecule has 0 aromatic heterocycles. The second-order valence-corrected chi connectivity index (χ2v) is 5.58. The van der Waals surface area contributed by atoms with Crippen LogP contribution >= 0.6 is 0 Å². The third-order valence-electron chi connectivity index (χ3n) is 3.60. The van der Waals surface area contributed by atoms with Crippen molar-refractivity contribution < 1.29 is 14.3 Å². The number of nitrogens with one attached hydrogen (secondary N) is 1. The lowest BCUT2D eigenvalue weighted by atomic mass is 10.1. The average molecular weight is 362 g/mol. The predicted octanol–water partition coefficient (Wildman–Crippen LogP) is 3.87. The van der Waals surface area contributed by atoms with Crippen molar-refractivity contribution >= 4 is 12.0 Å². The Morgan fingerprint density at radius 1 is 1.19 bits per heavy atom. The summed E-state index contributed by atoms with van der Waals surface area (Å²) in [6, 6.07) is 16.7. The highest BCUT2D eigenvalue weighted by Crippen LogP contribution is 2.29. The van der Waals surface area contributed by atoms with Crippen LogP contribution in [0.1, 0.15) is 18.1 Å². The topological polar surface area (TPSA) is 71.3 Å². The molecule has 5 heteroatoms. The average Bonchev–Trinajstić information content (AvgIpc) is 2.70. The van der Waals surface area contributed by atoms with E-state index in [4.69, 9.17) is 9.47 Å². The number of carbonyl (C=O) groups is 1. The first-order valence-electron chi connectivity index (χ1n) is 8.62. The van der Waals surface area contributed by atoms with Gasteiger partial charge in [0.15, 0.2) is 11.5 Å². The maximum absolute atomic E-state index is 12.3. The highest BCUT2D eigenvalue weighted by molar-refractivity contribution is 6.01. The van der Waals surface area contributed by atoms with E-state index in [1.165, 1.54) is 6.08 Å². The van der Waals surface area contributed by atoms with E-state index in [-0.39, 0.29) is 5.57 Å². The van der Waals surface area contributed by atoms with Crippen LogP contribution in [0.4, 0.5) is 0 Å². The summed E-state index contributed by atoms with van der Waals surface area (Å²) in [5.74, 6) is 0.710. The number of hydrogen-bond donors (Lipinski definition) is 1. The molecule has 0 radical (unpaired) electrons. The molecular formula is C22H22N2O3. The van der Waals surface area contributed by atoms with Crippen molar-refractivity contribution in [1.29, 1.82) is 5.26 Å². The minimum Gasteiger partial charge on any atom is -0.490 e. The fourth-order valence-corrected chi connectivity index (χ4v) is 2.34. The van der Waals surface area contributed by atoms with Crippen LogP contribution in [-0.4, -0.2) is 19.1 Å². The Labute approximate surface area is 159 Å². The quantitative estimate of drug-likeness (QED) is 0.417. The Morgan fingerprint density at radius 3 is 2.63 bits per heavy atom. The number of rotatable bonds is 9. The van der Waals surface area contributed by atoms with Gasteiger partial charge in [-0.15, -0.1) is 0 Å². The molecule has 0 aliphatic heterocycles. The summed E-state index contributed by atoms with van der Waals surface area (Å²) in [6.07, 6.45) is 3.18. The molecule has 0 saturated carbocycles. The summed E-state index contributed by atoms with van der Waals surface area (Å²) in [6.45, 7) is 6.69. The Hall–Kier alpha value is -3.52. The zero-order valence-electron chi connectivity index (χ0n) is 15.3. The molecule has 0 bridgehead atoms. The molecule has 2 aromatic rings. The third-order valence-corrected chi connectivity index (χ3v) is 3.60. The highest BCUT2D eigenvalue weighted by atomic mass is 16.5. The fraction of sp³-hybridized carbons (Fsp3) is 0.182. The van der Waals surface area contributed by atoms with E-state index in [9.17, 15) is 10.1 Å². The van der Waals surface area contributed by atoms with Gasteiger partial charge in [-0.3, -0.25) is 4.79 Å². The minimum atomic E-state index is -0.425. The first-order valence-corrected chi connectivity index (χ1v) is 8.62. The molecule has 1 amide bonds. The van der Waals surface area contributed by atoms with Gasteiger partial charge in [0.1, 0.15) is 18.2 Å². The maximum Gasteiger partial charge on any atom is 0.262 e. The SMILES string of the molecule is C=CCOc1ccc(/C=C(/C#N)C(=O)NCc2ccccc2)cc1OCC. The van der Waals surface area contributed by atoms with Crippen LogP contribution < -0.4 is 14.8 Å². The molecule has 0 spiro atoms. The van der Waals surface area contributed by atoms with Crippen LogP contribution in [0, 0.1) is 11.3 Å². The number of nitriles is 1. The number of ether oxygens (including phenoxy) is 2. The van der Waals surface area contributed by atoms with E-state index in [0.29, 0.717) is 36.8 Å². The smallest absolute Gasteiger partial charge is 0.262 e. The highest BCUT2D eigenvalue weighted by Gasteiger charge is 2.11. The van der Waals surface area contributed by atoms with Crippen LogP contribution in [0.2, 0.25) is 0 Å². The van der Waals surface area contributed by atoms with Gasteiger partial charge in [-0.05, 0) is 36.3 Å². The molecular weight excluding hydrogens is 340 g/mol. The summed E-state index contributed by atoms with van der Waals surface area (Å²) in [5, 5.41) is 12.1. The fourth-order valence-electron chi connectivity index (χ4n) is 2.34. The van der Waals surface area contributed by atoms with Crippen LogP contribution in [0.25, 0.3) is 6.08 Å². The van der Waals surface area contributed by atoms with Crippen LogP contribution in [0.15, 0.2) is 66.8 Å². The van der Waals surface area contributed by atoms with Crippen LogP contribution in [0.3, 0.4) is 0 Å². The van der Waals surface area contributed by atoms with Crippen molar-refractivity contribution in [1.82, 2.24) is 5.32 Å². The molecule has 0 heterocycles. The largest absolute Gasteiger partial charge is 0.490 e. The summed E-state index contributed by atoms with van der Waals surface area (Å²) < 4.78 is 11.1. The number of carbonyl (C=O) groups excluding carboxylic acids is 1. The second-order valence-electron chi connectivity index (χ2n) is 5.58. The Balaban J connectivity index is 2.15. The van der Waals surface area contributed by atoms with Crippen molar-refractivity contribution in [2.24, 2.45) is 0 Å². The van der Waals surface area contributed by atoms with Gasteiger partial charge in [-0.1, -0.05) is 49.1 Å². The molecule has 0 aliphatic rings. The van der Waals surface area contributed by atoms with E-state index in [2.05, 4.69) is 11.9 Å². The Bertz CT molecular complexity index is 852. The van der Waals surface area contributed by atoms with Gasteiger partial charge in [0.25, 0.3) is 5.91 Å². The molecule has 27 heavy (non-hydrogen) atoms. The van der Waals surface area contributed by atoms with Crippen molar-refractivity contribution in [3.63, 3.8) is 0 Å². The van der Waals surface area contributed by atoms with Gasteiger partial charge in [0, 0.05) is 6.54 Å². The molecule has 138 valence electrons. The number of hydrogen-bond acceptors (Lipinski definition) is 4. The standard InChI is InChI=1S/C22H22N2O3/c1-3-12-27-20-11-10-18(14-21(20)26-4-2)13-19(15-23)22(25)24-16-17-8-6-5-7-9-17/h3,5-11,13-14H,1,4,12,16H2,2H3,(H,24,25)/b19-13-. The van der Waals surface area contributed by atoms with E-state index < -0.39 is 5.91 Å². The van der Waals surface area contributed by atoms with E-state index in [1.807, 2.05) is 43.3 Å². The van der Waals surface area contributed by atoms with Gasteiger partial charge >= 0.3 is 0 Å². The number of amides is 1. The van der Waals surface area contributed by atoms with Gasteiger partial charge in [-0.25, -0.2) is 0 Å². The lowest BCUT2D eigenvalue weighted by Crippen LogP contribution is -2.23. The second kappa shape index (κ2) is 10.5. The molecule has 1 N–H and O–H groups in total. The molecule has 0 saturated heterocycles. The molecule has 2 rings (SSSR count). The molecule has 0 unspecified atom stereocenters. The summed E-state index contributed by atoms with van der Waals surface area (Å²) in [4.78, 5) is 12.3. The van der Waals surface area contributed by atoms with Crippen molar-refractivity contribution in [3.8, 4) is 17.6 Å². The van der Waals surface area contributed by atoms with Crippen molar-refractivity contribution in [2.45, 2.75) is 13.5 Å². The zero-order valence-corrected chi connectivity index (χ0v) is 15.3. The lowest BCUT2D eigenvalue weighted by molar-refractivity contribution is -0.117. The van der Waals surface area contributed by atoms with Crippen molar-refractivity contribution in [2.75, 3.05) is 13.2 Å². The molecule has 0 atom stereocenters. The summed E-state index contributed by atoms with van der Waals surface area (Å²) >= 11 is 0.